The lowest BCUT2D eigenvalue weighted by molar-refractivity contribution is -0.119. The summed E-state index contributed by atoms with van der Waals surface area (Å²) in [5, 5.41) is 2.89. The lowest BCUT2D eigenvalue weighted by atomic mass is 10.2. The fraction of sp³-hybridized carbons (Fsp3) is 0.367. The van der Waals surface area contributed by atoms with Gasteiger partial charge in [0.05, 0.1) is 43.4 Å². The van der Waals surface area contributed by atoms with Gasteiger partial charge in [0.15, 0.2) is 11.5 Å². The molecule has 0 radical (unpaired) electrons. The molecule has 1 aliphatic heterocycles. The Morgan fingerprint density at radius 2 is 1.44 bits per heavy atom. The van der Waals surface area contributed by atoms with Crippen LogP contribution in [0.5, 0.6) is 23.0 Å². The van der Waals surface area contributed by atoms with E-state index in [-0.39, 0.29) is 45.2 Å². The molecule has 1 heterocycles. The predicted octanol–water partition coefficient (Wildman–Crippen LogP) is 3.93. The zero-order valence-electron chi connectivity index (χ0n) is 25.2. The number of rotatable bonds is 14. The van der Waals surface area contributed by atoms with Crippen molar-refractivity contribution < 1.29 is 40.6 Å². The second-order valence-electron chi connectivity index (χ2n) is 9.98. The average Bonchev–Trinajstić information content (AvgIpc) is 3.05. The number of nitrogens with one attached hydrogen (secondary N) is 1. The summed E-state index contributed by atoms with van der Waals surface area (Å²) >= 11 is 6.21. The Balaban J connectivity index is 1.44. The van der Waals surface area contributed by atoms with Gasteiger partial charge in [-0.05, 0) is 67.4 Å². The second-order valence-corrected chi connectivity index (χ2v) is 14.2. The number of hydrogen-bond donors (Lipinski definition) is 1. The normalized spacial score (nSPS) is 14.0. The smallest absolute Gasteiger partial charge is 0.265 e. The third kappa shape index (κ3) is 8.12. The molecule has 1 fully saturated rings. The second kappa shape index (κ2) is 15.0. The quantitative estimate of drug-likeness (QED) is 0.251. The Kier molecular flexibility index (Phi) is 11.4. The van der Waals surface area contributed by atoms with Gasteiger partial charge in [-0.2, -0.15) is 4.31 Å². The highest BCUT2D eigenvalue weighted by atomic mass is 35.5. The number of ether oxygens (including phenoxy) is 4. The number of sulfonamides is 2. The minimum Gasteiger partial charge on any atom is -0.495 e. The van der Waals surface area contributed by atoms with Crippen LogP contribution in [0.2, 0.25) is 5.02 Å². The van der Waals surface area contributed by atoms with E-state index in [1.165, 1.54) is 74.2 Å². The van der Waals surface area contributed by atoms with E-state index < -0.39 is 32.5 Å². The van der Waals surface area contributed by atoms with E-state index in [0.29, 0.717) is 24.6 Å². The first-order valence-corrected chi connectivity index (χ1v) is 17.3. The summed E-state index contributed by atoms with van der Waals surface area (Å²) in [4.78, 5) is 13.1. The lowest BCUT2D eigenvalue weighted by Crippen LogP contribution is -2.42. The molecule has 1 N–H and O–H groups in total. The molecule has 1 aliphatic rings. The summed E-state index contributed by atoms with van der Waals surface area (Å²) in [7, 11) is -3.71. The van der Waals surface area contributed by atoms with Crippen molar-refractivity contribution in [3.05, 3.63) is 65.7 Å². The molecular weight excluding hydrogens is 646 g/mol. The molecule has 3 aromatic carbocycles. The van der Waals surface area contributed by atoms with Gasteiger partial charge in [0.2, 0.25) is 15.9 Å². The van der Waals surface area contributed by atoms with Crippen molar-refractivity contribution in [1.82, 2.24) is 9.62 Å². The molecule has 0 unspecified atom stereocenters. The zero-order valence-corrected chi connectivity index (χ0v) is 27.6. The van der Waals surface area contributed by atoms with E-state index in [0.717, 1.165) is 23.6 Å². The van der Waals surface area contributed by atoms with Crippen molar-refractivity contribution >= 4 is 43.2 Å². The molecule has 1 amide bonds. The van der Waals surface area contributed by atoms with Crippen LogP contribution in [-0.4, -0.2) is 81.2 Å². The number of halogens is 1. The molecule has 0 bridgehead atoms. The first-order chi connectivity index (χ1) is 21.5. The summed E-state index contributed by atoms with van der Waals surface area (Å²) in [6, 6.07) is 14.6. The molecule has 1 saturated heterocycles. The maximum absolute atomic E-state index is 13.9. The molecule has 0 spiro atoms. The number of hydrogen-bond acceptors (Lipinski definition) is 9. The number of methoxy groups -OCH3 is 3. The van der Waals surface area contributed by atoms with Gasteiger partial charge in [0, 0.05) is 24.2 Å². The molecule has 12 nitrogen and oxygen atoms in total. The lowest BCUT2D eigenvalue weighted by Gasteiger charge is -2.26. The van der Waals surface area contributed by atoms with E-state index in [1.807, 2.05) is 0 Å². The number of anilines is 1. The first-order valence-electron chi connectivity index (χ1n) is 14.1. The minimum atomic E-state index is -4.34. The number of nitrogens with zero attached hydrogens (tertiary/aromatic N) is 2. The van der Waals surface area contributed by atoms with Gasteiger partial charge >= 0.3 is 0 Å². The van der Waals surface area contributed by atoms with Gasteiger partial charge in [0.1, 0.15) is 24.7 Å². The molecule has 45 heavy (non-hydrogen) atoms. The molecule has 0 aromatic heterocycles. The fourth-order valence-electron chi connectivity index (χ4n) is 4.77. The maximum Gasteiger partial charge on any atom is 0.265 e. The Hall–Kier alpha value is -3.72. The van der Waals surface area contributed by atoms with Crippen LogP contribution in [-0.2, 0) is 24.8 Å². The largest absolute Gasteiger partial charge is 0.495 e. The topological polar surface area (TPSA) is 141 Å². The van der Waals surface area contributed by atoms with Crippen molar-refractivity contribution in [3.63, 3.8) is 0 Å². The van der Waals surface area contributed by atoms with Crippen LogP contribution in [0.15, 0.2) is 70.5 Å². The van der Waals surface area contributed by atoms with Crippen molar-refractivity contribution in [2.45, 2.75) is 29.1 Å². The Labute approximate surface area is 268 Å². The van der Waals surface area contributed by atoms with Crippen molar-refractivity contribution in [3.8, 4) is 23.0 Å². The summed E-state index contributed by atoms with van der Waals surface area (Å²) in [5.74, 6) is 0.510. The summed E-state index contributed by atoms with van der Waals surface area (Å²) in [6.07, 6.45) is 2.72. The molecule has 4 rings (SSSR count). The van der Waals surface area contributed by atoms with E-state index >= 15 is 0 Å². The number of piperidine rings is 1. The zero-order chi connectivity index (χ0) is 32.6. The SMILES string of the molecule is COc1ccc(S(=O)(=O)N(CC(=O)NCCOc2ccc(S(=O)(=O)N3CCCCC3)cc2)c2cc(Cl)ccc2OC)cc1OC. The van der Waals surface area contributed by atoms with Crippen molar-refractivity contribution in [2.75, 3.05) is 58.4 Å². The highest BCUT2D eigenvalue weighted by Crippen LogP contribution is 2.37. The van der Waals surface area contributed by atoms with Gasteiger partial charge in [-0.1, -0.05) is 18.0 Å². The molecular formula is C30H36ClN3O9S2. The van der Waals surface area contributed by atoms with E-state index in [4.69, 9.17) is 30.5 Å². The van der Waals surface area contributed by atoms with Crippen LogP contribution >= 0.6 is 11.6 Å². The Morgan fingerprint density at radius 3 is 2.09 bits per heavy atom. The molecule has 0 aliphatic carbocycles. The van der Waals surface area contributed by atoms with Crippen molar-refractivity contribution in [1.29, 1.82) is 0 Å². The average molecular weight is 682 g/mol. The van der Waals surface area contributed by atoms with Gasteiger partial charge in [-0.15, -0.1) is 0 Å². The Morgan fingerprint density at radius 1 is 0.822 bits per heavy atom. The number of carbonyl (C=O) groups is 1. The van der Waals surface area contributed by atoms with Crippen LogP contribution < -0.4 is 28.6 Å². The van der Waals surface area contributed by atoms with Crippen LogP contribution in [0.1, 0.15) is 19.3 Å². The molecule has 244 valence electrons. The van der Waals surface area contributed by atoms with Crippen LogP contribution in [0, 0.1) is 0 Å². The summed E-state index contributed by atoms with van der Waals surface area (Å²) in [6.45, 7) is 0.516. The van der Waals surface area contributed by atoms with E-state index in [9.17, 15) is 21.6 Å². The molecule has 3 aromatic rings. The van der Waals surface area contributed by atoms with E-state index in [2.05, 4.69) is 5.32 Å². The molecule has 0 saturated carbocycles. The maximum atomic E-state index is 13.9. The monoisotopic (exact) mass is 681 g/mol. The highest BCUT2D eigenvalue weighted by Gasteiger charge is 2.31. The highest BCUT2D eigenvalue weighted by molar-refractivity contribution is 7.93. The molecule has 15 heteroatoms. The van der Waals surface area contributed by atoms with Crippen LogP contribution in [0.4, 0.5) is 5.69 Å². The molecule has 0 atom stereocenters. The predicted molar refractivity (Wildman–Crippen MR) is 170 cm³/mol. The third-order valence-electron chi connectivity index (χ3n) is 7.11. The van der Waals surface area contributed by atoms with Crippen LogP contribution in [0.25, 0.3) is 0 Å². The van der Waals surface area contributed by atoms with Gasteiger partial charge in [-0.25, -0.2) is 16.8 Å². The summed E-state index contributed by atoms with van der Waals surface area (Å²) in [5.41, 5.74) is 0.0609. The van der Waals surface area contributed by atoms with Crippen LogP contribution in [0.3, 0.4) is 0 Å². The van der Waals surface area contributed by atoms with Gasteiger partial charge in [-0.3, -0.25) is 9.10 Å². The third-order valence-corrected chi connectivity index (χ3v) is 11.0. The van der Waals surface area contributed by atoms with Gasteiger partial charge in [0.25, 0.3) is 10.0 Å². The number of carbonyl (C=O) groups excluding carboxylic acids is 1. The fourth-order valence-corrected chi connectivity index (χ4v) is 7.89. The first kappa shape index (κ1) is 34.2. The Bertz CT molecular complexity index is 1700. The van der Waals surface area contributed by atoms with Gasteiger partial charge < -0.3 is 24.3 Å². The van der Waals surface area contributed by atoms with Crippen molar-refractivity contribution in [2.24, 2.45) is 0 Å². The van der Waals surface area contributed by atoms with E-state index in [1.54, 1.807) is 12.1 Å². The minimum absolute atomic E-state index is 0.0452. The summed E-state index contributed by atoms with van der Waals surface area (Å²) < 4.78 is 77.5. The number of amides is 1. The standard InChI is InChI=1S/C30H36ClN3O9S2/c1-40-27-13-7-22(31)19-26(27)34(45(38,39)25-12-14-28(41-2)29(20-25)42-3)21-30(35)32-15-18-43-23-8-10-24(11-9-23)44(36,37)33-16-5-4-6-17-33/h7-14,19-20H,4-6,15-18,21H2,1-3H3,(H,32,35). The number of benzene rings is 3.